The third-order valence-electron chi connectivity index (χ3n) is 3.08. The summed E-state index contributed by atoms with van der Waals surface area (Å²) >= 11 is -2.01. The number of esters is 1. The molecule has 0 N–H and O–H groups in total. The van der Waals surface area contributed by atoms with Crippen molar-refractivity contribution in [3.8, 4) is 10.8 Å². The maximum Gasteiger partial charge on any atom is 0.573 e. The summed E-state index contributed by atoms with van der Waals surface area (Å²) in [5, 5.41) is 0.0730. The molecule has 0 aliphatic carbocycles. The zero-order valence-electron chi connectivity index (χ0n) is 14.1. The molecule has 0 radical (unpaired) electrons. The Morgan fingerprint density at radius 3 is 2.67 bits per heavy atom. The van der Waals surface area contributed by atoms with E-state index in [1.807, 2.05) is 0 Å². The highest BCUT2D eigenvalue weighted by molar-refractivity contribution is 7.81. The van der Waals surface area contributed by atoms with Gasteiger partial charge in [-0.05, 0) is 37.1 Å². The number of benzene rings is 1. The number of alkyl halides is 3. The molecule has 0 amide bonds. The van der Waals surface area contributed by atoms with E-state index in [-0.39, 0.29) is 27.9 Å². The van der Waals surface area contributed by atoms with Gasteiger partial charge in [-0.1, -0.05) is 18.3 Å². The Hall–Kier alpha value is -2.18. The second-order valence-corrected chi connectivity index (χ2v) is 6.96. The molecule has 1 unspecified atom stereocenters. The van der Waals surface area contributed by atoms with Crippen LogP contribution in [0.5, 0.6) is 10.8 Å². The molecule has 27 heavy (non-hydrogen) atoms. The summed E-state index contributed by atoms with van der Waals surface area (Å²) in [6, 6.07) is 3.21. The van der Waals surface area contributed by atoms with Crippen LogP contribution in [0.3, 0.4) is 0 Å². The third-order valence-corrected chi connectivity index (χ3v) is 4.73. The molecule has 0 spiro atoms. The van der Waals surface area contributed by atoms with Crippen LogP contribution in [0, 0.1) is 6.92 Å². The Morgan fingerprint density at radius 2 is 2.11 bits per heavy atom. The van der Waals surface area contributed by atoms with E-state index in [4.69, 9.17) is 4.74 Å². The van der Waals surface area contributed by atoms with Crippen molar-refractivity contribution >= 4 is 39.4 Å². The Bertz CT molecular complexity index is 841. The third kappa shape index (κ3) is 5.91. The Kier molecular flexibility index (Phi) is 6.78. The summed E-state index contributed by atoms with van der Waals surface area (Å²) in [6.45, 7) is 3.23. The molecule has 2 rings (SSSR count). The number of anilines is 2. The van der Waals surface area contributed by atoms with Gasteiger partial charge in [0, 0.05) is 6.42 Å². The molecule has 0 aliphatic rings. The molecule has 0 saturated carbocycles. The molecule has 2 aromatic rings. The number of hydrogen-bond donors (Lipinski definition) is 0. The van der Waals surface area contributed by atoms with Gasteiger partial charge < -0.3 is 14.0 Å². The van der Waals surface area contributed by atoms with Crippen molar-refractivity contribution in [1.82, 2.24) is 4.98 Å². The first-order chi connectivity index (χ1) is 12.6. The van der Waals surface area contributed by atoms with Gasteiger partial charge in [-0.25, -0.2) is 9.29 Å². The smallest absolute Gasteiger partial charge is 0.573 e. The number of aryl methyl sites for hydroxylation is 1. The van der Waals surface area contributed by atoms with E-state index in [1.165, 1.54) is 13.1 Å². The SMILES string of the molecule is CCCC(=O)Oc1cnc(N(c2ccc(OC(F)(F)F)cc2C)S(=O)[O-])s1. The Labute approximate surface area is 159 Å². The van der Waals surface area contributed by atoms with Gasteiger partial charge in [0.05, 0.1) is 23.2 Å². The van der Waals surface area contributed by atoms with Crippen LogP contribution in [-0.2, 0) is 16.1 Å². The topological polar surface area (TPSA) is 91.8 Å². The van der Waals surface area contributed by atoms with Crippen LogP contribution in [0.4, 0.5) is 24.0 Å². The predicted octanol–water partition coefficient (Wildman–Crippen LogP) is 3.99. The van der Waals surface area contributed by atoms with E-state index in [1.54, 1.807) is 6.92 Å². The largest absolute Gasteiger partial charge is 0.755 e. The minimum Gasteiger partial charge on any atom is -0.755 e. The van der Waals surface area contributed by atoms with Crippen molar-refractivity contribution < 1.29 is 36.2 Å². The average molecular weight is 423 g/mol. The van der Waals surface area contributed by atoms with Crippen molar-refractivity contribution in [2.45, 2.75) is 33.1 Å². The first-order valence-corrected chi connectivity index (χ1v) is 9.38. The minimum absolute atomic E-state index is 0.0322. The monoisotopic (exact) mass is 423 g/mol. The lowest BCUT2D eigenvalue weighted by molar-refractivity contribution is -0.274. The first kappa shape index (κ1) is 21.1. The second kappa shape index (κ2) is 8.67. The second-order valence-electron chi connectivity index (χ2n) is 5.19. The number of nitrogens with zero attached hydrogens (tertiary/aromatic N) is 2. The van der Waals surface area contributed by atoms with Crippen molar-refractivity contribution in [3.63, 3.8) is 0 Å². The number of ether oxygens (including phenoxy) is 2. The summed E-state index contributed by atoms with van der Waals surface area (Å²) < 4.78 is 69.9. The predicted molar refractivity (Wildman–Crippen MR) is 91.6 cm³/mol. The van der Waals surface area contributed by atoms with Gasteiger partial charge in [0.2, 0.25) is 10.2 Å². The highest BCUT2D eigenvalue weighted by atomic mass is 32.2. The number of halogens is 3. The molecule has 0 saturated heterocycles. The summed E-state index contributed by atoms with van der Waals surface area (Å²) in [5.41, 5.74) is 0.291. The molecule has 1 aromatic heterocycles. The van der Waals surface area contributed by atoms with Crippen molar-refractivity contribution in [2.24, 2.45) is 0 Å². The molecule has 0 aliphatic heterocycles. The van der Waals surface area contributed by atoms with Crippen LogP contribution in [-0.4, -0.2) is 26.1 Å². The number of aromatic nitrogens is 1. The van der Waals surface area contributed by atoms with E-state index in [2.05, 4.69) is 9.72 Å². The van der Waals surface area contributed by atoms with Gasteiger partial charge in [-0.3, -0.25) is 9.00 Å². The number of thiazole rings is 1. The van der Waals surface area contributed by atoms with Crippen LogP contribution in [0.1, 0.15) is 25.3 Å². The van der Waals surface area contributed by atoms with E-state index in [0.717, 1.165) is 33.8 Å². The molecule has 0 fully saturated rings. The lowest BCUT2D eigenvalue weighted by Gasteiger charge is -2.25. The molecular formula is C15H14F3N2O5S2-. The molecule has 0 bridgehead atoms. The molecule has 1 aromatic carbocycles. The normalized spacial score (nSPS) is 12.5. The molecule has 1 heterocycles. The highest BCUT2D eigenvalue weighted by Gasteiger charge is 2.31. The maximum atomic E-state index is 12.3. The fourth-order valence-corrected chi connectivity index (χ4v) is 3.60. The Balaban J connectivity index is 2.29. The highest BCUT2D eigenvalue weighted by Crippen LogP contribution is 2.37. The zero-order chi connectivity index (χ0) is 20.2. The standard InChI is InChI=1S/C15H15F3N2O5S2/c1-3-4-12(21)24-13-8-19-14(26-13)20(27(22)23)11-6-5-10(7-9(11)2)25-15(16,17)18/h5-8H,3-4H2,1-2H3,(H,22,23)/p-1. The van der Waals surface area contributed by atoms with Gasteiger partial charge in [0.15, 0.2) is 0 Å². The van der Waals surface area contributed by atoms with Crippen LogP contribution >= 0.6 is 11.3 Å². The number of rotatable bonds is 7. The van der Waals surface area contributed by atoms with E-state index < -0.39 is 29.3 Å². The summed E-state index contributed by atoms with van der Waals surface area (Å²) in [7, 11) is 0. The van der Waals surface area contributed by atoms with Gasteiger partial charge in [0.25, 0.3) is 0 Å². The molecule has 7 nitrogen and oxygen atoms in total. The summed E-state index contributed by atoms with van der Waals surface area (Å²) in [6.07, 6.45) is -2.87. The fourth-order valence-electron chi connectivity index (χ4n) is 2.06. The first-order valence-electron chi connectivity index (χ1n) is 7.53. The van der Waals surface area contributed by atoms with Crippen molar-refractivity contribution in [2.75, 3.05) is 4.31 Å². The summed E-state index contributed by atoms with van der Waals surface area (Å²) in [4.78, 5) is 15.4. The van der Waals surface area contributed by atoms with Gasteiger partial charge in [0.1, 0.15) is 5.75 Å². The van der Waals surface area contributed by atoms with Crippen LogP contribution in [0.15, 0.2) is 24.4 Å². The fraction of sp³-hybridized carbons (Fsp3) is 0.333. The van der Waals surface area contributed by atoms with Gasteiger partial charge >= 0.3 is 12.3 Å². The zero-order valence-corrected chi connectivity index (χ0v) is 15.7. The average Bonchev–Trinajstić information content (AvgIpc) is 2.96. The van der Waals surface area contributed by atoms with Crippen LogP contribution in [0.25, 0.3) is 0 Å². The molecule has 148 valence electrons. The van der Waals surface area contributed by atoms with Gasteiger partial charge in [-0.2, -0.15) is 0 Å². The van der Waals surface area contributed by atoms with Crippen molar-refractivity contribution in [1.29, 1.82) is 0 Å². The quantitative estimate of drug-likeness (QED) is 0.494. The number of carbonyl (C=O) groups is 1. The lowest BCUT2D eigenvalue weighted by atomic mass is 10.2. The van der Waals surface area contributed by atoms with Crippen molar-refractivity contribution in [3.05, 3.63) is 30.0 Å². The minimum atomic E-state index is -4.86. The molecule has 12 heteroatoms. The molecular weight excluding hydrogens is 409 g/mol. The van der Waals surface area contributed by atoms with Gasteiger partial charge in [-0.15, -0.1) is 13.2 Å². The lowest BCUT2D eigenvalue weighted by Crippen LogP contribution is -2.21. The number of carbonyl (C=O) groups excluding carboxylic acids is 1. The van der Waals surface area contributed by atoms with E-state index in [0.29, 0.717) is 6.42 Å². The van der Waals surface area contributed by atoms with Crippen LogP contribution in [0.2, 0.25) is 0 Å². The molecule has 1 atom stereocenters. The Morgan fingerprint density at radius 1 is 1.41 bits per heavy atom. The number of hydrogen-bond acceptors (Lipinski definition) is 7. The summed E-state index contributed by atoms with van der Waals surface area (Å²) in [5.74, 6) is -0.957. The van der Waals surface area contributed by atoms with E-state index in [9.17, 15) is 26.7 Å². The van der Waals surface area contributed by atoms with E-state index >= 15 is 0 Å². The maximum absolute atomic E-state index is 12.3. The van der Waals surface area contributed by atoms with Crippen LogP contribution < -0.4 is 13.8 Å².